The van der Waals surface area contributed by atoms with Crippen molar-refractivity contribution in [1.29, 1.82) is 5.26 Å². The number of amides is 1. The van der Waals surface area contributed by atoms with E-state index in [1.54, 1.807) is 28.8 Å². The highest BCUT2D eigenvalue weighted by atomic mass is 31.2. The Balaban J connectivity index is 1.76. The molecule has 0 radical (unpaired) electrons. The van der Waals surface area contributed by atoms with Gasteiger partial charge in [-0.15, -0.1) is 0 Å². The molecule has 19 heteroatoms. The van der Waals surface area contributed by atoms with Crippen LogP contribution in [0.15, 0.2) is 43.0 Å². The van der Waals surface area contributed by atoms with Gasteiger partial charge in [0.1, 0.15) is 24.6 Å². The van der Waals surface area contributed by atoms with Crippen LogP contribution in [0.5, 0.6) is 0 Å². The Bertz CT molecular complexity index is 1700. The van der Waals surface area contributed by atoms with Gasteiger partial charge in [0.25, 0.3) is 14.4 Å². The second-order valence-electron chi connectivity index (χ2n) is 14.3. The standard InChI is InChI=1S/C32H50N8O8P2Si/c1-21(2)40(22(3)4)49(44-17-13-16-33)45-18-24-26(47-50(34,42)43)27(48-51(8,9)32(5,6)7)31(46-24)39-20-37-25-28(35-19-36-29(25)39)38-30(41)23-14-11-10-12-15-23/h10-12,14-15,19-22,24,26-27,31H,13,17-18H2,1-9H3,(H3,34,42,43)(H,35,36,38,41)/t24-,26+,27+,31+,49?/m0/s1. The van der Waals surface area contributed by atoms with Gasteiger partial charge >= 0.3 is 7.75 Å². The first-order valence-electron chi connectivity index (χ1n) is 16.7. The van der Waals surface area contributed by atoms with E-state index in [0.717, 1.165) is 0 Å². The molecule has 1 aliphatic rings. The van der Waals surface area contributed by atoms with Crippen LogP contribution < -0.4 is 10.8 Å². The Morgan fingerprint density at radius 2 is 1.82 bits per heavy atom. The lowest BCUT2D eigenvalue weighted by molar-refractivity contribution is -0.0469. The number of carbonyl (C=O) groups excluding carboxylic acids is 1. The van der Waals surface area contributed by atoms with E-state index >= 15 is 0 Å². The molecule has 280 valence electrons. The molecule has 3 aromatic rings. The van der Waals surface area contributed by atoms with Crippen molar-refractivity contribution in [3.8, 4) is 6.07 Å². The number of fused-ring (bicyclic) bond motifs is 1. The fourth-order valence-corrected chi connectivity index (χ4v) is 8.87. The van der Waals surface area contributed by atoms with E-state index in [0.29, 0.717) is 16.7 Å². The number of hydrogen-bond donors (Lipinski definition) is 3. The molecule has 6 atom stereocenters. The van der Waals surface area contributed by atoms with Gasteiger partial charge in [-0.25, -0.2) is 29.7 Å². The molecule has 51 heavy (non-hydrogen) atoms. The van der Waals surface area contributed by atoms with Gasteiger partial charge in [0.15, 0.2) is 31.5 Å². The highest BCUT2D eigenvalue weighted by Gasteiger charge is 2.54. The number of benzene rings is 1. The molecule has 2 aromatic heterocycles. The number of nitrogens with two attached hydrogens (primary N) is 1. The summed E-state index contributed by atoms with van der Waals surface area (Å²) in [5.41, 5.74) is 6.68. The summed E-state index contributed by atoms with van der Waals surface area (Å²) < 4.78 is 48.1. The summed E-state index contributed by atoms with van der Waals surface area (Å²) in [7, 11) is -8.90. The topological polar surface area (TPSA) is 209 Å². The smallest absolute Gasteiger partial charge is 0.400 e. The average Bonchev–Trinajstić information content (AvgIpc) is 3.60. The van der Waals surface area contributed by atoms with Crippen molar-refractivity contribution < 1.29 is 37.0 Å². The van der Waals surface area contributed by atoms with Gasteiger partial charge in [-0.2, -0.15) is 5.26 Å². The molecule has 1 aliphatic heterocycles. The first-order chi connectivity index (χ1) is 23.8. The van der Waals surface area contributed by atoms with Crippen molar-refractivity contribution in [3.05, 3.63) is 48.5 Å². The lowest BCUT2D eigenvalue weighted by Gasteiger charge is -2.40. The van der Waals surface area contributed by atoms with Gasteiger partial charge in [-0.3, -0.25) is 13.9 Å². The highest BCUT2D eigenvalue weighted by Crippen LogP contribution is 2.50. The third-order valence-corrected chi connectivity index (χ3v) is 15.8. The summed E-state index contributed by atoms with van der Waals surface area (Å²) in [6.07, 6.45) is -1.15. The molecule has 1 aromatic carbocycles. The molecule has 4 N–H and O–H groups in total. The van der Waals surface area contributed by atoms with Gasteiger partial charge < -0.3 is 28.4 Å². The normalized spacial score (nSPS) is 21.7. The largest absolute Gasteiger partial charge is 0.407 e. The number of anilines is 1. The van der Waals surface area contributed by atoms with Crippen LogP contribution in [-0.2, 0) is 27.3 Å². The molecule has 0 saturated carbocycles. The number of carbonyl (C=O) groups is 1. The number of ether oxygens (including phenoxy) is 1. The molecular weight excluding hydrogens is 714 g/mol. The molecule has 1 fully saturated rings. The van der Waals surface area contributed by atoms with Crippen molar-refractivity contribution >= 4 is 47.5 Å². The lowest BCUT2D eigenvalue weighted by Crippen LogP contribution is -2.49. The molecule has 0 aliphatic carbocycles. The zero-order valence-electron chi connectivity index (χ0n) is 30.6. The van der Waals surface area contributed by atoms with E-state index in [4.69, 9.17) is 33.5 Å². The molecule has 1 saturated heterocycles. The van der Waals surface area contributed by atoms with E-state index in [2.05, 4.69) is 51.8 Å². The number of rotatable bonds is 16. The van der Waals surface area contributed by atoms with Crippen LogP contribution in [0.25, 0.3) is 11.2 Å². The van der Waals surface area contributed by atoms with Crippen LogP contribution >= 0.6 is 16.3 Å². The van der Waals surface area contributed by atoms with Crippen molar-refractivity contribution in [2.45, 2.75) is 110 Å². The number of nitrogens with zero attached hydrogens (tertiary/aromatic N) is 6. The minimum absolute atomic E-state index is 0.0347. The Kier molecular flexibility index (Phi) is 13.7. The van der Waals surface area contributed by atoms with Crippen molar-refractivity contribution in [2.75, 3.05) is 18.5 Å². The lowest BCUT2D eigenvalue weighted by atomic mass is 10.1. The van der Waals surface area contributed by atoms with Crippen molar-refractivity contribution in [3.63, 3.8) is 0 Å². The van der Waals surface area contributed by atoms with Crippen LogP contribution in [0.2, 0.25) is 18.1 Å². The maximum absolute atomic E-state index is 13.0. The molecule has 4 rings (SSSR count). The molecular formula is C32H50N8O8P2Si. The minimum Gasteiger partial charge on any atom is -0.407 e. The van der Waals surface area contributed by atoms with Crippen molar-refractivity contribution in [2.24, 2.45) is 5.50 Å². The Labute approximate surface area is 301 Å². The van der Waals surface area contributed by atoms with Crippen molar-refractivity contribution in [1.82, 2.24) is 24.2 Å². The van der Waals surface area contributed by atoms with Gasteiger partial charge in [0.05, 0.1) is 32.0 Å². The number of aromatic nitrogens is 4. The van der Waals surface area contributed by atoms with E-state index < -0.39 is 49.1 Å². The Morgan fingerprint density at radius 1 is 1.16 bits per heavy atom. The number of nitrogens with one attached hydrogen (secondary N) is 1. The van der Waals surface area contributed by atoms with Crippen LogP contribution in [-0.4, -0.2) is 86.9 Å². The summed E-state index contributed by atoms with van der Waals surface area (Å²) in [5, 5.41) is 11.7. The monoisotopic (exact) mass is 764 g/mol. The van der Waals surface area contributed by atoms with Crippen LogP contribution in [0.1, 0.15) is 71.5 Å². The summed E-state index contributed by atoms with van der Waals surface area (Å²) in [4.78, 5) is 36.7. The fraction of sp³-hybridized carbons (Fsp3) is 0.594. The van der Waals surface area contributed by atoms with Gasteiger partial charge in [-0.05, 0) is 58.0 Å². The van der Waals surface area contributed by atoms with Gasteiger partial charge in [-0.1, -0.05) is 39.0 Å². The van der Waals surface area contributed by atoms with E-state index in [-0.39, 0.29) is 48.5 Å². The Morgan fingerprint density at radius 3 is 2.41 bits per heavy atom. The van der Waals surface area contributed by atoms with Crippen LogP contribution in [0.4, 0.5) is 5.82 Å². The number of imidazole rings is 1. The van der Waals surface area contributed by atoms with Gasteiger partial charge in [0, 0.05) is 17.6 Å². The molecule has 2 unspecified atom stereocenters. The average molecular weight is 765 g/mol. The molecule has 16 nitrogen and oxygen atoms in total. The van der Waals surface area contributed by atoms with E-state index in [1.807, 2.05) is 46.9 Å². The first kappa shape index (κ1) is 41.0. The third kappa shape index (κ3) is 10.2. The Hall–Kier alpha value is -2.71. The summed E-state index contributed by atoms with van der Waals surface area (Å²) in [6, 6.07) is 10.9. The fourth-order valence-electron chi connectivity index (χ4n) is 5.36. The number of hydrogen-bond acceptors (Lipinski definition) is 12. The predicted octanol–water partition coefficient (Wildman–Crippen LogP) is 6.10. The second-order valence-corrected chi connectivity index (χ2v) is 21.8. The third-order valence-electron chi connectivity index (χ3n) is 8.71. The van der Waals surface area contributed by atoms with Gasteiger partial charge in [0.2, 0.25) is 0 Å². The van der Waals surface area contributed by atoms with E-state index in [1.165, 1.54) is 12.7 Å². The zero-order chi connectivity index (χ0) is 37.7. The predicted molar refractivity (Wildman–Crippen MR) is 196 cm³/mol. The molecule has 1 amide bonds. The zero-order valence-corrected chi connectivity index (χ0v) is 33.4. The summed E-state index contributed by atoms with van der Waals surface area (Å²) >= 11 is 0. The summed E-state index contributed by atoms with van der Waals surface area (Å²) in [6.45, 7) is 18.4. The minimum atomic E-state index is -4.59. The van der Waals surface area contributed by atoms with Crippen LogP contribution in [0.3, 0.4) is 0 Å². The molecule has 3 heterocycles. The highest BCUT2D eigenvalue weighted by molar-refractivity contribution is 7.50. The summed E-state index contributed by atoms with van der Waals surface area (Å²) in [5.74, 6) is -0.191. The van der Waals surface area contributed by atoms with E-state index in [9.17, 15) is 14.3 Å². The SMILES string of the molecule is CC(C)N(C(C)C)P(OCCC#N)OC[C@@H]1O[C@@H](n2cnc3c(NC(=O)c4ccccc4)ncnc32)[C@H](O[Si](C)(C)C(C)(C)C)[C@@H]1OP(N)(=O)O. The maximum Gasteiger partial charge on any atom is 0.400 e. The molecule has 0 spiro atoms. The quantitative estimate of drug-likeness (QED) is 0.0855. The van der Waals surface area contributed by atoms with Crippen LogP contribution in [0, 0.1) is 11.3 Å². The first-order valence-corrected chi connectivity index (χ1v) is 22.4. The number of nitriles is 1. The molecule has 0 bridgehead atoms. The maximum atomic E-state index is 13.0. The second kappa shape index (κ2) is 17.0.